The Morgan fingerprint density at radius 3 is 2.57 bits per heavy atom. The molecule has 0 spiro atoms. The molecule has 2 rings (SSSR count). The van der Waals surface area contributed by atoms with Crippen LogP contribution < -0.4 is 5.32 Å². The predicted octanol–water partition coefficient (Wildman–Crippen LogP) is 0.488. The molecule has 4 N–H and O–H groups in total. The van der Waals surface area contributed by atoms with E-state index in [2.05, 4.69) is 5.32 Å². The van der Waals surface area contributed by atoms with E-state index in [-0.39, 0.29) is 16.4 Å². The third kappa shape index (κ3) is 3.25. The second kappa shape index (κ2) is 6.12. The number of nitro benzene ring substituents is 1. The fraction of sp³-hybridized carbons (Fsp3) is 0.500. The van der Waals surface area contributed by atoms with E-state index in [9.17, 15) is 25.4 Å². The summed E-state index contributed by atoms with van der Waals surface area (Å²) in [6.07, 6.45) is -5.94. The van der Waals surface area contributed by atoms with Gasteiger partial charge in [0.25, 0.3) is 5.69 Å². The summed E-state index contributed by atoms with van der Waals surface area (Å²) in [6, 6.07) is 3.98. The molecule has 1 aromatic rings. The lowest BCUT2D eigenvalue weighted by Gasteiger charge is -2.39. The van der Waals surface area contributed by atoms with Crippen molar-refractivity contribution < 1.29 is 25.0 Å². The SMILES string of the molecule is C[C@@H]1O[C@H](Nc2ccc(Cl)cc2[N+](=O)[O-])[C@@H](O)[C@@H](O)[C@@H]1O. The Morgan fingerprint density at radius 2 is 1.95 bits per heavy atom. The maximum absolute atomic E-state index is 11.0. The van der Waals surface area contributed by atoms with E-state index in [4.69, 9.17) is 16.3 Å². The van der Waals surface area contributed by atoms with Gasteiger partial charge in [0.2, 0.25) is 0 Å². The highest BCUT2D eigenvalue weighted by Gasteiger charge is 2.42. The van der Waals surface area contributed by atoms with Crippen molar-refractivity contribution in [2.24, 2.45) is 0 Å². The van der Waals surface area contributed by atoms with Gasteiger partial charge in [-0.25, -0.2) is 0 Å². The molecule has 0 aromatic heterocycles. The second-order valence-corrected chi connectivity index (χ2v) is 5.23. The van der Waals surface area contributed by atoms with Gasteiger partial charge < -0.3 is 25.4 Å². The summed E-state index contributed by atoms with van der Waals surface area (Å²) in [5, 5.41) is 43.0. The summed E-state index contributed by atoms with van der Waals surface area (Å²) < 4.78 is 5.32. The van der Waals surface area contributed by atoms with Crippen LogP contribution in [0.5, 0.6) is 0 Å². The number of aliphatic hydroxyl groups is 3. The number of aliphatic hydroxyl groups excluding tert-OH is 3. The normalized spacial score (nSPS) is 32.7. The van der Waals surface area contributed by atoms with Crippen molar-refractivity contribution >= 4 is 23.0 Å². The van der Waals surface area contributed by atoms with E-state index in [1.54, 1.807) is 0 Å². The first-order valence-electron chi connectivity index (χ1n) is 6.21. The Hall–Kier alpha value is -1.45. The van der Waals surface area contributed by atoms with Crippen molar-refractivity contribution in [2.45, 2.75) is 37.6 Å². The number of ether oxygens (including phenoxy) is 1. The highest BCUT2D eigenvalue weighted by molar-refractivity contribution is 6.30. The highest BCUT2D eigenvalue weighted by atomic mass is 35.5. The molecule has 1 aromatic carbocycles. The van der Waals surface area contributed by atoms with Crippen LogP contribution in [0.1, 0.15) is 6.92 Å². The number of rotatable bonds is 3. The summed E-state index contributed by atoms with van der Waals surface area (Å²) in [6.45, 7) is 1.52. The van der Waals surface area contributed by atoms with Crippen molar-refractivity contribution in [3.05, 3.63) is 33.3 Å². The minimum Gasteiger partial charge on any atom is -0.388 e. The Kier molecular flexibility index (Phi) is 4.64. The number of nitrogens with one attached hydrogen (secondary N) is 1. The number of hydrogen-bond donors (Lipinski definition) is 4. The fourth-order valence-corrected chi connectivity index (χ4v) is 2.27. The quantitative estimate of drug-likeness (QED) is 0.472. The molecule has 1 saturated heterocycles. The second-order valence-electron chi connectivity index (χ2n) is 4.80. The third-order valence-electron chi connectivity index (χ3n) is 3.31. The molecule has 9 heteroatoms. The van der Waals surface area contributed by atoms with Gasteiger partial charge in [0.15, 0.2) is 6.23 Å². The lowest BCUT2D eigenvalue weighted by Crippen LogP contribution is -2.58. The Labute approximate surface area is 125 Å². The standard InChI is InChI=1S/C12H15ClN2O6/c1-5-9(16)10(17)11(18)12(21-5)14-7-3-2-6(13)4-8(7)15(19)20/h2-5,9-12,14,16-18H,1H3/t5-,9+,10-,11-,12-/m0/s1. The summed E-state index contributed by atoms with van der Waals surface area (Å²) in [4.78, 5) is 10.4. The topological polar surface area (TPSA) is 125 Å². The molecule has 1 heterocycles. The van der Waals surface area contributed by atoms with Crippen LogP contribution in [0.2, 0.25) is 5.02 Å². The van der Waals surface area contributed by atoms with Gasteiger partial charge in [0.1, 0.15) is 24.0 Å². The van der Waals surface area contributed by atoms with Crippen LogP contribution in [0.15, 0.2) is 18.2 Å². The number of nitrogens with zero attached hydrogens (tertiary/aromatic N) is 1. The summed E-state index contributed by atoms with van der Waals surface area (Å²) in [7, 11) is 0. The van der Waals surface area contributed by atoms with E-state index in [0.29, 0.717) is 0 Å². The van der Waals surface area contributed by atoms with Crippen LogP contribution in [0.25, 0.3) is 0 Å². The minimum absolute atomic E-state index is 0.0873. The molecule has 1 fully saturated rings. The molecule has 0 bridgehead atoms. The molecule has 0 aliphatic carbocycles. The number of hydrogen-bond acceptors (Lipinski definition) is 7. The molecule has 21 heavy (non-hydrogen) atoms. The lowest BCUT2D eigenvalue weighted by atomic mass is 9.99. The van der Waals surface area contributed by atoms with Gasteiger partial charge in [-0.2, -0.15) is 0 Å². The Balaban J connectivity index is 2.24. The molecule has 5 atom stereocenters. The number of benzene rings is 1. The van der Waals surface area contributed by atoms with Crippen LogP contribution in [0, 0.1) is 10.1 Å². The van der Waals surface area contributed by atoms with Gasteiger partial charge in [-0.05, 0) is 19.1 Å². The van der Waals surface area contributed by atoms with Gasteiger partial charge in [0.05, 0.1) is 11.0 Å². The smallest absolute Gasteiger partial charge is 0.293 e. The third-order valence-corrected chi connectivity index (χ3v) is 3.54. The zero-order chi connectivity index (χ0) is 15.7. The average molecular weight is 319 g/mol. The van der Waals surface area contributed by atoms with Gasteiger partial charge in [-0.3, -0.25) is 10.1 Å². The van der Waals surface area contributed by atoms with Crippen LogP contribution >= 0.6 is 11.6 Å². The van der Waals surface area contributed by atoms with E-state index in [1.807, 2.05) is 0 Å². The van der Waals surface area contributed by atoms with Crippen LogP contribution in [-0.4, -0.2) is 50.9 Å². The Bertz CT molecular complexity index is 542. The summed E-state index contributed by atoms with van der Waals surface area (Å²) in [5.74, 6) is 0. The molecule has 8 nitrogen and oxygen atoms in total. The zero-order valence-corrected chi connectivity index (χ0v) is 11.8. The first kappa shape index (κ1) is 15.9. The van der Waals surface area contributed by atoms with E-state index >= 15 is 0 Å². The van der Waals surface area contributed by atoms with Crippen molar-refractivity contribution in [2.75, 3.05) is 5.32 Å². The maximum atomic E-state index is 11.0. The molecule has 1 aliphatic heterocycles. The lowest BCUT2D eigenvalue weighted by molar-refractivity contribution is -0.384. The molecule has 0 amide bonds. The summed E-state index contributed by atoms with van der Waals surface area (Å²) >= 11 is 5.71. The molecule has 0 saturated carbocycles. The van der Waals surface area contributed by atoms with Gasteiger partial charge >= 0.3 is 0 Å². The predicted molar refractivity (Wildman–Crippen MR) is 74.1 cm³/mol. The summed E-state index contributed by atoms with van der Waals surface area (Å²) in [5.41, 5.74) is -0.198. The molecular weight excluding hydrogens is 304 g/mol. The first-order valence-corrected chi connectivity index (χ1v) is 6.59. The fourth-order valence-electron chi connectivity index (χ4n) is 2.10. The first-order chi connectivity index (χ1) is 9.81. The van der Waals surface area contributed by atoms with Gasteiger partial charge in [-0.1, -0.05) is 11.6 Å². The van der Waals surface area contributed by atoms with E-state index < -0.39 is 35.6 Å². The number of anilines is 1. The van der Waals surface area contributed by atoms with Crippen LogP contribution in [0.3, 0.4) is 0 Å². The van der Waals surface area contributed by atoms with Gasteiger partial charge in [-0.15, -0.1) is 0 Å². The average Bonchev–Trinajstić information content (AvgIpc) is 2.44. The van der Waals surface area contributed by atoms with Gasteiger partial charge in [0, 0.05) is 11.1 Å². The van der Waals surface area contributed by atoms with Crippen LogP contribution in [0.4, 0.5) is 11.4 Å². The monoisotopic (exact) mass is 318 g/mol. The molecule has 0 unspecified atom stereocenters. The Morgan fingerprint density at radius 1 is 1.29 bits per heavy atom. The van der Waals surface area contributed by atoms with E-state index in [1.165, 1.54) is 19.1 Å². The zero-order valence-electron chi connectivity index (χ0n) is 11.0. The van der Waals surface area contributed by atoms with Crippen molar-refractivity contribution in [1.82, 2.24) is 0 Å². The largest absolute Gasteiger partial charge is 0.388 e. The molecule has 116 valence electrons. The van der Waals surface area contributed by atoms with Crippen LogP contribution in [-0.2, 0) is 4.74 Å². The van der Waals surface area contributed by atoms with Crippen molar-refractivity contribution in [1.29, 1.82) is 0 Å². The van der Waals surface area contributed by atoms with E-state index in [0.717, 1.165) is 6.07 Å². The number of halogens is 1. The highest BCUT2D eigenvalue weighted by Crippen LogP contribution is 2.30. The van der Waals surface area contributed by atoms with Crippen molar-refractivity contribution in [3.63, 3.8) is 0 Å². The molecule has 1 aliphatic rings. The molecule has 0 radical (unpaired) electrons. The number of nitro groups is 1. The molecular formula is C12H15ClN2O6. The maximum Gasteiger partial charge on any atom is 0.293 e. The minimum atomic E-state index is -1.44. The van der Waals surface area contributed by atoms with Crippen molar-refractivity contribution in [3.8, 4) is 0 Å².